The molecule has 1 aromatic carbocycles. The van der Waals surface area contributed by atoms with Crippen LogP contribution in [-0.2, 0) is 4.79 Å². The third kappa shape index (κ3) is 1.88. The smallest absolute Gasteiger partial charge is 0.236 e. The topological polar surface area (TPSA) is 58.4 Å². The van der Waals surface area contributed by atoms with Crippen LogP contribution in [-0.4, -0.2) is 25.0 Å². The summed E-state index contributed by atoms with van der Waals surface area (Å²) in [4.78, 5) is 13.0. The Morgan fingerprint density at radius 1 is 1.60 bits per heavy atom. The number of carbonyl (C=O) groups is 1. The molecule has 3 N–H and O–H groups in total. The number of carbonyl (C=O) groups excluding carboxylic acids is 1. The molecule has 0 spiro atoms. The van der Waals surface area contributed by atoms with Crippen LogP contribution in [0.1, 0.15) is 6.92 Å². The van der Waals surface area contributed by atoms with Gasteiger partial charge in [-0.2, -0.15) is 0 Å². The fraction of sp³-hybridized carbons (Fsp3) is 0.364. The van der Waals surface area contributed by atoms with E-state index >= 15 is 0 Å². The van der Waals surface area contributed by atoms with Crippen LogP contribution in [0.2, 0.25) is 0 Å². The van der Waals surface area contributed by atoms with E-state index in [0.29, 0.717) is 0 Å². The first kappa shape index (κ1) is 9.83. The van der Waals surface area contributed by atoms with Gasteiger partial charge >= 0.3 is 0 Å². The maximum absolute atomic E-state index is 11.0. The van der Waals surface area contributed by atoms with Crippen molar-refractivity contribution < 1.29 is 4.79 Å². The van der Waals surface area contributed by atoms with E-state index in [0.717, 1.165) is 17.9 Å². The number of nitrogens with one attached hydrogen (secondary N) is 1. The largest absolute Gasteiger partial charge is 0.381 e. The zero-order valence-electron chi connectivity index (χ0n) is 8.73. The molecule has 2 rings (SSSR count). The molecule has 4 heteroatoms. The Morgan fingerprint density at radius 2 is 2.33 bits per heavy atom. The molecule has 0 aromatic heterocycles. The number of amides is 1. The van der Waals surface area contributed by atoms with Gasteiger partial charge in [0, 0.05) is 12.6 Å². The number of para-hydroxylation sites is 2. The second kappa shape index (κ2) is 3.81. The van der Waals surface area contributed by atoms with E-state index in [-0.39, 0.29) is 18.5 Å². The second-order valence-corrected chi connectivity index (χ2v) is 3.84. The van der Waals surface area contributed by atoms with Gasteiger partial charge in [-0.3, -0.25) is 4.79 Å². The molecule has 0 bridgehead atoms. The molecule has 0 fully saturated rings. The van der Waals surface area contributed by atoms with Crippen LogP contribution in [0.4, 0.5) is 11.4 Å². The summed E-state index contributed by atoms with van der Waals surface area (Å²) in [6.45, 7) is 3.19. The molecule has 4 nitrogen and oxygen atoms in total. The van der Waals surface area contributed by atoms with E-state index in [2.05, 4.69) is 12.2 Å². The summed E-state index contributed by atoms with van der Waals surface area (Å²) in [7, 11) is 0. The van der Waals surface area contributed by atoms with Crippen LogP contribution in [0.5, 0.6) is 0 Å². The lowest BCUT2D eigenvalue weighted by Crippen LogP contribution is -2.46. The highest BCUT2D eigenvalue weighted by Crippen LogP contribution is 2.30. The molecule has 0 saturated heterocycles. The predicted molar refractivity (Wildman–Crippen MR) is 60.9 cm³/mol. The highest BCUT2D eigenvalue weighted by atomic mass is 16.1. The summed E-state index contributed by atoms with van der Waals surface area (Å²) in [6.07, 6.45) is 0. The van der Waals surface area contributed by atoms with Gasteiger partial charge in [0.15, 0.2) is 0 Å². The molecule has 80 valence electrons. The lowest BCUT2D eigenvalue weighted by molar-refractivity contribution is -0.116. The second-order valence-electron chi connectivity index (χ2n) is 3.84. The Morgan fingerprint density at radius 3 is 3.07 bits per heavy atom. The van der Waals surface area contributed by atoms with Gasteiger partial charge in [-0.1, -0.05) is 12.1 Å². The van der Waals surface area contributed by atoms with Crippen molar-refractivity contribution in [1.29, 1.82) is 0 Å². The van der Waals surface area contributed by atoms with Crippen molar-refractivity contribution in [2.24, 2.45) is 5.73 Å². The number of anilines is 2. The number of fused-ring (bicyclic) bond motifs is 1. The van der Waals surface area contributed by atoms with Gasteiger partial charge in [0.1, 0.15) is 0 Å². The van der Waals surface area contributed by atoms with Crippen molar-refractivity contribution in [2.45, 2.75) is 13.0 Å². The number of primary amides is 1. The molecule has 0 radical (unpaired) electrons. The van der Waals surface area contributed by atoms with E-state index in [9.17, 15) is 4.79 Å². The van der Waals surface area contributed by atoms with Crippen LogP contribution in [0, 0.1) is 0 Å². The van der Waals surface area contributed by atoms with Gasteiger partial charge in [0.2, 0.25) is 5.91 Å². The van der Waals surface area contributed by atoms with Crippen LogP contribution >= 0.6 is 0 Å². The predicted octanol–water partition coefficient (Wildman–Crippen LogP) is 0.792. The minimum Gasteiger partial charge on any atom is -0.381 e. The van der Waals surface area contributed by atoms with E-state index in [4.69, 9.17) is 5.73 Å². The number of rotatable bonds is 2. The molecule has 1 heterocycles. The SMILES string of the molecule is CC1CNc2ccccc2N1CC(N)=O. The van der Waals surface area contributed by atoms with Crippen LogP contribution in [0.25, 0.3) is 0 Å². The number of hydrogen-bond acceptors (Lipinski definition) is 3. The highest BCUT2D eigenvalue weighted by molar-refractivity contribution is 5.83. The minimum atomic E-state index is -0.293. The Bertz CT molecular complexity index is 378. The first-order valence-electron chi connectivity index (χ1n) is 5.06. The minimum absolute atomic E-state index is 0.278. The maximum Gasteiger partial charge on any atom is 0.236 e. The van der Waals surface area contributed by atoms with Gasteiger partial charge in [-0.15, -0.1) is 0 Å². The zero-order valence-corrected chi connectivity index (χ0v) is 8.73. The fourth-order valence-electron chi connectivity index (χ4n) is 1.89. The summed E-state index contributed by atoms with van der Waals surface area (Å²) in [5, 5.41) is 3.32. The lowest BCUT2D eigenvalue weighted by atomic mass is 10.1. The van der Waals surface area contributed by atoms with Gasteiger partial charge in [0.25, 0.3) is 0 Å². The van der Waals surface area contributed by atoms with E-state index in [1.807, 2.05) is 29.2 Å². The summed E-state index contributed by atoms with van der Waals surface area (Å²) >= 11 is 0. The number of hydrogen-bond donors (Lipinski definition) is 2. The summed E-state index contributed by atoms with van der Waals surface area (Å²) < 4.78 is 0. The number of benzene rings is 1. The molecular formula is C11H15N3O. The average Bonchev–Trinajstić information content (AvgIpc) is 2.22. The normalized spacial score (nSPS) is 19.3. The van der Waals surface area contributed by atoms with Gasteiger partial charge in [-0.05, 0) is 19.1 Å². The Kier molecular flexibility index (Phi) is 2.49. The Labute approximate surface area is 89.1 Å². The Hall–Kier alpha value is -1.71. The first-order chi connectivity index (χ1) is 7.18. The van der Waals surface area contributed by atoms with E-state index in [1.54, 1.807) is 0 Å². The van der Waals surface area contributed by atoms with Crippen molar-refractivity contribution in [2.75, 3.05) is 23.3 Å². The summed E-state index contributed by atoms with van der Waals surface area (Å²) in [6, 6.07) is 8.24. The molecule has 1 aliphatic rings. The molecular weight excluding hydrogens is 190 g/mol. The molecule has 1 unspecified atom stereocenters. The molecule has 0 saturated carbocycles. The maximum atomic E-state index is 11.0. The van der Waals surface area contributed by atoms with Crippen LogP contribution in [0.15, 0.2) is 24.3 Å². The molecule has 1 aliphatic heterocycles. The highest BCUT2D eigenvalue weighted by Gasteiger charge is 2.23. The molecule has 1 amide bonds. The summed E-state index contributed by atoms with van der Waals surface area (Å²) in [5.41, 5.74) is 7.36. The first-order valence-corrected chi connectivity index (χ1v) is 5.06. The zero-order chi connectivity index (χ0) is 10.8. The van der Waals surface area contributed by atoms with Crippen molar-refractivity contribution in [3.63, 3.8) is 0 Å². The molecule has 1 atom stereocenters. The Balaban J connectivity index is 2.32. The fourth-order valence-corrected chi connectivity index (χ4v) is 1.89. The van der Waals surface area contributed by atoms with Gasteiger partial charge in [0.05, 0.1) is 17.9 Å². The number of nitrogens with two attached hydrogens (primary N) is 1. The van der Waals surface area contributed by atoms with Crippen molar-refractivity contribution in [3.05, 3.63) is 24.3 Å². The standard InChI is InChI=1S/C11H15N3O/c1-8-6-13-9-4-2-3-5-10(9)14(8)7-11(12)15/h2-5,8,13H,6-7H2,1H3,(H2,12,15). The van der Waals surface area contributed by atoms with E-state index < -0.39 is 0 Å². The molecule has 0 aliphatic carbocycles. The number of nitrogens with zero attached hydrogens (tertiary/aromatic N) is 1. The molecule has 15 heavy (non-hydrogen) atoms. The quantitative estimate of drug-likeness (QED) is 0.750. The summed E-state index contributed by atoms with van der Waals surface area (Å²) in [5.74, 6) is -0.293. The average molecular weight is 205 g/mol. The van der Waals surface area contributed by atoms with Crippen LogP contribution < -0.4 is 16.0 Å². The monoisotopic (exact) mass is 205 g/mol. The van der Waals surface area contributed by atoms with Gasteiger partial charge < -0.3 is 16.0 Å². The molecule has 1 aromatic rings. The third-order valence-electron chi connectivity index (χ3n) is 2.66. The van der Waals surface area contributed by atoms with Crippen molar-refractivity contribution in [3.8, 4) is 0 Å². The lowest BCUT2D eigenvalue weighted by Gasteiger charge is -2.36. The van der Waals surface area contributed by atoms with Crippen molar-refractivity contribution in [1.82, 2.24) is 0 Å². The van der Waals surface area contributed by atoms with Crippen molar-refractivity contribution >= 4 is 17.3 Å². The third-order valence-corrected chi connectivity index (χ3v) is 2.66. The van der Waals surface area contributed by atoms with E-state index in [1.165, 1.54) is 0 Å². The van der Waals surface area contributed by atoms with Crippen LogP contribution in [0.3, 0.4) is 0 Å². The van der Waals surface area contributed by atoms with Gasteiger partial charge in [-0.25, -0.2) is 0 Å².